The van der Waals surface area contributed by atoms with Crippen molar-refractivity contribution in [3.63, 3.8) is 0 Å². The highest BCUT2D eigenvalue weighted by Gasteiger charge is 2.35. The SMILES string of the molecule is C#CCNCCS(=O)(=O)N(Cc1ccc(Br)cc1)[C@@H](CC(C)C)C(=O)OC. The number of halogens is 1. The highest BCUT2D eigenvalue weighted by Crippen LogP contribution is 2.21. The number of esters is 1. The van der Waals surface area contributed by atoms with Crippen LogP contribution in [-0.2, 0) is 26.1 Å². The first kappa shape index (κ1) is 23.6. The summed E-state index contributed by atoms with van der Waals surface area (Å²) in [6.07, 6.45) is 5.55. The number of ether oxygens (including phenoxy) is 1. The fraction of sp³-hybridized carbons (Fsp3) is 0.526. The number of nitrogens with zero attached hydrogens (tertiary/aromatic N) is 1. The fourth-order valence-corrected chi connectivity index (χ4v) is 4.37. The van der Waals surface area contributed by atoms with Crippen LogP contribution in [0.3, 0.4) is 0 Å². The second-order valence-electron chi connectivity index (χ2n) is 6.54. The maximum absolute atomic E-state index is 13.0. The summed E-state index contributed by atoms with van der Waals surface area (Å²) in [4.78, 5) is 12.4. The molecule has 8 heteroatoms. The van der Waals surface area contributed by atoms with Crippen LogP contribution in [0.1, 0.15) is 25.8 Å². The van der Waals surface area contributed by atoms with Crippen LogP contribution < -0.4 is 5.32 Å². The number of hydrogen-bond donors (Lipinski definition) is 1. The second kappa shape index (κ2) is 11.4. The number of nitrogens with one attached hydrogen (secondary N) is 1. The summed E-state index contributed by atoms with van der Waals surface area (Å²) >= 11 is 3.37. The number of benzene rings is 1. The molecule has 0 aliphatic rings. The van der Waals surface area contributed by atoms with E-state index in [9.17, 15) is 13.2 Å². The van der Waals surface area contributed by atoms with Crippen LogP contribution in [0.4, 0.5) is 0 Å². The van der Waals surface area contributed by atoms with Gasteiger partial charge in [0.2, 0.25) is 10.0 Å². The molecule has 0 aliphatic carbocycles. The molecule has 0 amide bonds. The van der Waals surface area contributed by atoms with Crippen molar-refractivity contribution in [1.82, 2.24) is 9.62 Å². The fourth-order valence-electron chi connectivity index (χ4n) is 2.57. The predicted octanol–water partition coefficient (Wildman–Crippen LogP) is 2.39. The van der Waals surface area contributed by atoms with Crippen molar-refractivity contribution < 1.29 is 17.9 Å². The van der Waals surface area contributed by atoms with E-state index in [2.05, 4.69) is 27.2 Å². The quantitative estimate of drug-likeness (QED) is 0.313. The van der Waals surface area contributed by atoms with E-state index in [0.29, 0.717) is 6.42 Å². The summed E-state index contributed by atoms with van der Waals surface area (Å²) in [7, 11) is -2.45. The zero-order valence-corrected chi connectivity index (χ0v) is 18.3. The van der Waals surface area contributed by atoms with Gasteiger partial charge in [0.15, 0.2) is 0 Å². The van der Waals surface area contributed by atoms with Crippen LogP contribution in [0.5, 0.6) is 0 Å². The molecule has 150 valence electrons. The van der Waals surface area contributed by atoms with Crippen molar-refractivity contribution in [3.8, 4) is 12.3 Å². The van der Waals surface area contributed by atoms with Gasteiger partial charge in [0.05, 0.1) is 19.4 Å². The third-order valence-corrected chi connectivity index (χ3v) is 6.24. The molecular weight excluding hydrogens is 432 g/mol. The van der Waals surface area contributed by atoms with Crippen molar-refractivity contribution >= 4 is 31.9 Å². The van der Waals surface area contributed by atoms with Gasteiger partial charge in [-0.1, -0.05) is 47.8 Å². The topological polar surface area (TPSA) is 75.7 Å². The summed E-state index contributed by atoms with van der Waals surface area (Å²) < 4.78 is 33.1. The Morgan fingerprint density at radius 3 is 2.48 bits per heavy atom. The van der Waals surface area contributed by atoms with Gasteiger partial charge in [0.1, 0.15) is 6.04 Å². The predicted molar refractivity (Wildman–Crippen MR) is 110 cm³/mol. The van der Waals surface area contributed by atoms with Gasteiger partial charge in [0, 0.05) is 17.6 Å². The van der Waals surface area contributed by atoms with Crippen LogP contribution >= 0.6 is 15.9 Å². The van der Waals surface area contributed by atoms with Crippen LogP contribution in [-0.4, -0.2) is 50.7 Å². The molecule has 0 fully saturated rings. The molecular formula is C19H27BrN2O4S. The molecule has 0 unspecified atom stereocenters. The average molecular weight is 459 g/mol. The molecule has 0 heterocycles. The summed E-state index contributed by atoms with van der Waals surface area (Å²) in [6, 6.07) is 6.45. The molecule has 1 atom stereocenters. The minimum atomic E-state index is -3.72. The molecule has 0 aromatic heterocycles. The normalized spacial score (nSPS) is 12.8. The zero-order chi connectivity index (χ0) is 20.4. The number of rotatable bonds is 11. The Bertz CT molecular complexity index is 742. The van der Waals surface area contributed by atoms with Gasteiger partial charge >= 0.3 is 5.97 Å². The van der Waals surface area contributed by atoms with E-state index in [1.807, 2.05) is 38.1 Å². The Balaban J connectivity index is 3.17. The number of methoxy groups -OCH3 is 1. The Hall–Kier alpha value is -1.40. The number of carbonyl (C=O) groups is 1. The number of carbonyl (C=O) groups excluding carboxylic acids is 1. The first-order valence-electron chi connectivity index (χ1n) is 8.67. The lowest BCUT2D eigenvalue weighted by Crippen LogP contribution is -2.47. The molecule has 1 aromatic carbocycles. The Morgan fingerprint density at radius 1 is 1.33 bits per heavy atom. The molecule has 6 nitrogen and oxygen atoms in total. The Morgan fingerprint density at radius 2 is 1.96 bits per heavy atom. The largest absolute Gasteiger partial charge is 0.468 e. The van der Waals surface area contributed by atoms with Crippen molar-refractivity contribution in [3.05, 3.63) is 34.3 Å². The monoisotopic (exact) mass is 458 g/mol. The maximum atomic E-state index is 13.0. The molecule has 0 saturated heterocycles. The van der Waals surface area contributed by atoms with Crippen molar-refractivity contribution in [2.24, 2.45) is 5.92 Å². The summed E-state index contributed by atoms with van der Waals surface area (Å²) in [5.74, 6) is 1.82. The van der Waals surface area contributed by atoms with Crippen LogP contribution in [0.25, 0.3) is 0 Å². The lowest BCUT2D eigenvalue weighted by Gasteiger charge is -2.30. The second-order valence-corrected chi connectivity index (χ2v) is 9.49. The van der Waals surface area contributed by atoms with Crippen LogP contribution in [0.2, 0.25) is 0 Å². The van der Waals surface area contributed by atoms with E-state index >= 15 is 0 Å². The third kappa shape index (κ3) is 8.01. The lowest BCUT2D eigenvalue weighted by molar-refractivity contribution is -0.145. The summed E-state index contributed by atoms with van der Waals surface area (Å²) in [5, 5.41) is 2.88. The van der Waals surface area contributed by atoms with E-state index in [4.69, 9.17) is 11.2 Å². The van der Waals surface area contributed by atoms with Gasteiger partial charge in [-0.05, 0) is 30.0 Å². The molecule has 27 heavy (non-hydrogen) atoms. The van der Waals surface area contributed by atoms with E-state index < -0.39 is 22.0 Å². The molecule has 0 bridgehead atoms. The van der Waals surface area contributed by atoms with Gasteiger partial charge in [-0.2, -0.15) is 4.31 Å². The van der Waals surface area contributed by atoms with Crippen molar-refractivity contribution in [1.29, 1.82) is 0 Å². The molecule has 1 N–H and O–H groups in total. The van der Waals surface area contributed by atoms with Gasteiger partial charge in [-0.3, -0.25) is 4.79 Å². The zero-order valence-electron chi connectivity index (χ0n) is 15.9. The van der Waals surface area contributed by atoms with E-state index in [-0.39, 0.29) is 31.3 Å². The first-order chi connectivity index (χ1) is 12.7. The minimum absolute atomic E-state index is 0.0945. The number of sulfonamides is 1. The summed E-state index contributed by atoms with van der Waals surface area (Å²) in [6.45, 7) is 4.47. The number of hydrogen-bond acceptors (Lipinski definition) is 5. The highest BCUT2D eigenvalue weighted by atomic mass is 79.9. The van der Waals surface area contributed by atoms with Crippen LogP contribution in [0, 0.1) is 18.3 Å². The van der Waals surface area contributed by atoms with Gasteiger partial charge in [-0.15, -0.1) is 6.42 Å². The lowest BCUT2D eigenvalue weighted by atomic mass is 10.0. The molecule has 0 aliphatic heterocycles. The van der Waals surface area contributed by atoms with E-state index in [1.165, 1.54) is 11.4 Å². The molecule has 0 radical (unpaired) electrons. The maximum Gasteiger partial charge on any atom is 0.324 e. The Labute approximate surface area is 170 Å². The van der Waals surface area contributed by atoms with E-state index in [0.717, 1.165) is 10.0 Å². The minimum Gasteiger partial charge on any atom is -0.468 e. The van der Waals surface area contributed by atoms with Crippen molar-refractivity contribution in [2.45, 2.75) is 32.9 Å². The van der Waals surface area contributed by atoms with Gasteiger partial charge in [-0.25, -0.2) is 8.42 Å². The third-order valence-electron chi connectivity index (χ3n) is 3.89. The number of terminal acetylenes is 1. The van der Waals surface area contributed by atoms with Crippen LogP contribution in [0.15, 0.2) is 28.7 Å². The molecule has 1 aromatic rings. The van der Waals surface area contributed by atoms with Gasteiger partial charge < -0.3 is 10.1 Å². The highest BCUT2D eigenvalue weighted by molar-refractivity contribution is 9.10. The summed E-state index contributed by atoms with van der Waals surface area (Å²) in [5.41, 5.74) is 0.788. The molecule has 0 spiro atoms. The van der Waals surface area contributed by atoms with E-state index in [1.54, 1.807) is 0 Å². The Kier molecular flexibility index (Phi) is 10.0. The average Bonchev–Trinajstić information content (AvgIpc) is 2.62. The smallest absolute Gasteiger partial charge is 0.324 e. The molecule has 1 rings (SSSR count). The van der Waals surface area contributed by atoms with Gasteiger partial charge in [0.25, 0.3) is 0 Å². The first-order valence-corrected chi connectivity index (χ1v) is 11.1. The molecule has 0 saturated carbocycles. The van der Waals surface area contributed by atoms with Crippen molar-refractivity contribution in [2.75, 3.05) is 26.0 Å². The standard InChI is InChI=1S/C19H27BrN2O4S/c1-5-10-21-11-12-27(24,25)22(14-16-6-8-17(20)9-7-16)18(13-15(2)3)19(23)26-4/h1,6-9,15,18,21H,10-14H2,2-4H3/t18-/m0/s1.